The van der Waals surface area contributed by atoms with Gasteiger partial charge in [0, 0.05) is 32.7 Å². The van der Waals surface area contributed by atoms with Crippen LogP contribution in [0.5, 0.6) is 0 Å². The van der Waals surface area contributed by atoms with Crippen LogP contribution < -0.4 is 0 Å². The summed E-state index contributed by atoms with van der Waals surface area (Å²) in [5.41, 5.74) is 0.0586. The molecule has 0 N–H and O–H groups in total. The minimum absolute atomic E-state index is 0.0586. The Bertz CT molecular complexity index is 281. The Morgan fingerprint density at radius 2 is 2.17 bits per heavy atom. The Hall–Kier alpha value is -0.410. The zero-order valence-corrected chi connectivity index (χ0v) is 11.7. The number of rotatable bonds is 5. The van der Waals surface area contributed by atoms with Crippen molar-refractivity contribution in [3.05, 3.63) is 0 Å². The second kappa shape index (κ2) is 6.16. The van der Waals surface area contributed by atoms with E-state index in [0.29, 0.717) is 24.7 Å². The lowest BCUT2D eigenvalue weighted by molar-refractivity contribution is -0.137. The SMILES string of the molecule is COCC(C)CC(=O)C1CCOC2(CCCC2)C1. The Balaban J connectivity index is 1.86. The normalized spacial score (nSPS) is 28.4. The second-order valence-electron chi connectivity index (χ2n) is 6.16. The van der Waals surface area contributed by atoms with Crippen molar-refractivity contribution in [1.29, 1.82) is 0 Å². The van der Waals surface area contributed by atoms with Crippen LogP contribution in [0.15, 0.2) is 0 Å². The number of hydrogen-bond acceptors (Lipinski definition) is 3. The van der Waals surface area contributed by atoms with E-state index in [1.807, 2.05) is 0 Å². The van der Waals surface area contributed by atoms with Crippen LogP contribution in [0.2, 0.25) is 0 Å². The van der Waals surface area contributed by atoms with Gasteiger partial charge in [0.15, 0.2) is 0 Å². The van der Waals surface area contributed by atoms with E-state index >= 15 is 0 Å². The predicted octanol–water partition coefficient (Wildman–Crippen LogP) is 2.97. The molecule has 2 atom stereocenters. The van der Waals surface area contributed by atoms with Crippen molar-refractivity contribution in [3.63, 3.8) is 0 Å². The van der Waals surface area contributed by atoms with E-state index < -0.39 is 0 Å². The summed E-state index contributed by atoms with van der Waals surface area (Å²) in [5, 5.41) is 0. The second-order valence-corrected chi connectivity index (χ2v) is 6.16. The molecule has 0 aromatic rings. The molecule has 2 unspecified atom stereocenters. The molecule has 1 aliphatic heterocycles. The average Bonchev–Trinajstić information content (AvgIpc) is 2.77. The smallest absolute Gasteiger partial charge is 0.136 e. The minimum atomic E-state index is 0.0586. The van der Waals surface area contributed by atoms with Crippen molar-refractivity contribution in [3.8, 4) is 0 Å². The van der Waals surface area contributed by atoms with Gasteiger partial charge in [0.1, 0.15) is 5.78 Å². The maximum atomic E-state index is 12.3. The highest BCUT2D eigenvalue weighted by Crippen LogP contribution is 2.42. The van der Waals surface area contributed by atoms with Crippen molar-refractivity contribution in [1.82, 2.24) is 0 Å². The maximum Gasteiger partial charge on any atom is 0.136 e. The number of methoxy groups -OCH3 is 1. The lowest BCUT2D eigenvalue weighted by atomic mass is 9.80. The van der Waals surface area contributed by atoms with Crippen molar-refractivity contribution in [2.75, 3.05) is 20.3 Å². The molecule has 2 fully saturated rings. The summed E-state index contributed by atoms with van der Waals surface area (Å²) in [7, 11) is 1.70. The highest BCUT2D eigenvalue weighted by atomic mass is 16.5. The van der Waals surface area contributed by atoms with Gasteiger partial charge in [-0.05, 0) is 31.6 Å². The predicted molar refractivity (Wildman–Crippen MR) is 70.5 cm³/mol. The first-order valence-corrected chi connectivity index (χ1v) is 7.31. The zero-order valence-electron chi connectivity index (χ0n) is 11.7. The molecule has 2 rings (SSSR count). The fourth-order valence-electron chi connectivity index (χ4n) is 3.52. The van der Waals surface area contributed by atoms with E-state index in [-0.39, 0.29) is 11.5 Å². The van der Waals surface area contributed by atoms with E-state index in [9.17, 15) is 4.79 Å². The van der Waals surface area contributed by atoms with Crippen LogP contribution in [-0.2, 0) is 14.3 Å². The van der Waals surface area contributed by atoms with Gasteiger partial charge >= 0.3 is 0 Å². The fraction of sp³-hybridized carbons (Fsp3) is 0.933. The Labute approximate surface area is 110 Å². The van der Waals surface area contributed by atoms with Gasteiger partial charge in [-0.25, -0.2) is 0 Å². The zero-order chi connectivity index (χ0) is 13.0. The van der Waals surface area contributed by atoms with E-state index in [4.69, 9.17) is 9.47 Å². The van der Waals surface area contributed by atoms with Gasteiger partial charge in [-0.15, -0.1) is 0 Å². The van der Waals surface area contributed by atoms with Crippen LogP contribution in [0.4, 0.5) is 0 Å². The Morgan fingerprint density at radius 3 is 2.83 bits per heavy atom. The maximum absolute atomic E-state index is 12.3. The molecular weight excluding hydrogens is 228 g/mol. The molecule has 0 bridgehead atoms. The van der Waals surface area contributed by atoms with Gasteiger partial charge in [0.2, 0.25) is 0 Å². The Kier molecular flexibility index (Phi) is 4.79. The topological polar surface area (TPSA) is 35.5 Å². The van der Waals surface area contributed by atoms with Crippen LogP contribution >= 0.6 is 0 Å². The van der Waals surface area contributed by atoms with Gasteiger partial charge in [-0.1, -0.05) is 19.8 Å². The summed E-state index contributed by atoms with van der Waals surface area (Å²) in [6.07, 6.45) is 7.39. The number of Topliss-reactive ketones (excluding diaryl/α,β-unsaturated/α-hetero) is 1. The molecule has 1 heterocycles. The molecule has 0 radical (unpaired) electrons. The molecule has 0 aromatic carbocycles. The number of hydrogen-bond donors (Lipinski definition) is 0. The van der Waals surface area contributed by atoms with Gasteiger partial charge < -0.3 is 9.47 Å². The monoisotopic (exact) mass is 254 g/mol. The van der Waals surface area contributed by atoms with Crippen molar-refractivity contribution in [2.45, 2.75) is 57.5 Å². The van der Waals surface area contributed by atoms with E-state index in [0.717, 1.165) is 32.3 Å². The summed E-state index contributed by atoms with van der Waals surface area (Å²) in [6, 6.07) is 0. The highest BCUT2D eigenvalue weighted by molar-refractivity contribution is 5.81. The fourth-order valence-corrected chi connectivity index (χ4v) is 3.52. The standard InChI is InChI=1S/C15H26O3/c1-12(11-17-2)9-14(16)13-5-8-18-15(10-13)6-3-4-7-15/h12-13H,3-11H2,1-2H3. The lowest BCUT2D eigenvalue weighted by Crippen LogP contribution is -2.40. The van der Waals surface area contributed by atoms with Crippen molar-refractivity contribution >= 4 is 5.78 Å². The molecule has 1 saturated heterocycles. The number of carbonyl (C=O) groups is 1. The summed E-state index contributed by atoms with van der Waals surface area (Å²) >= 11 is 0. The quantitative estimate of drug-likeness (QED) is 0.756. The third-order valence-electron chi connectivity index (χ3n) is 4.46. The molecule has 1 spiro atoms. The lowest BCUT2D eigenvalue weighted by Gasteiger charge is -2.38. The highest BCUT2D eigenvalue weighted by Gasteiger charge is 2.41. The molecule has 3 nitrogen and oxygen atoms in total. The molecule has 1 saturated carbocycles. The molecular formula is C15H26O3. The van der Waals surface area contributed by atoms with E-state index in [1.54, 1.807) is 7.11 Å². The minimum Gasteiger partial charge on any atom is -0.384 e. The number of ether oxygens (including phenoxy) is 2. The Morgan fingerprint density at radius 1 is 1.44 bits per heavy atom. The van der Waals surface area contributed by atoms with Gasteiger partial charge in [0.25, 0.3) is 0 Å². The van der Waals surface area contributed by atoms with Crippen LogP contribution in [0, 0.1) is 11.8 Å². The van der Waals surface area contributed by atoms with Crippen molar-refractivity contribution in [2.24, 2.45) is 11.8 Å². The van der Waals surface area contributed by atoms with Crippen LogP contribution in [-0.4, -0.2) is 31.7 Å². The summed E-state index contributed by atoms with van der Waals surface area (Å²) in [5.74, 6) is 0.996. The summed E-state index contributed by atoms with van der Waals surface area (Å²) in [6.45, 7) is 3.54. The molecule has 0 amide bonds. The molecule has 104 valence electrons. The van der Waals surface area contributed by atoms with Crippen LogP contribution in [0.25, 0.3) is 0 Å². The first-order valence-electron chi connectivity index (χ1n) is 7.31. The molecule has 3 heteroatoms. The summed E-state index contributed by atoms with van der Waals surface area (Å²) < 4.78 is 11.1. The van der Waals surface area contributed by atoms with Gasteiger partial charge in [0.05, 0.1) is 5.60 Å². The van der Waals surface area contributed by atoms with Crippen LogP contribution in [0.3, 0.4) is 0 Å². The van der Waals surface area contributed by atoms with Gasteiger partial charge in [-0.3, -0.25) is 4.79 Å². The van der Waals surface area contributed by atoms with E-state index in [1.165, 1.54) is 12.8 Å². The third kappa shape index (κ3) is 3.33. The molecule has 1 aliphatic carbocycles. The number of carbonyl (C=O) groups excluding carboxylic acids is 1. The average molecular weight is 254 g/mol. The van der Waals surface area contributed by atoms with Gasteiger partial charge in [-0.2, -0.15) is 0 Å². The first kappa shape index (κ1) is 14.0. The largest absolute Gasteiger partial charge is 0.384 e. The summed E-state index contributed by atoms with van der Waals surface area (Å²) in [4.78, 5) is 12.3. The molecule has 0 aromatic heterocycles. The molecule has 2 aliphatic rings. The van der Waals surface area contributed by atoms with Crippen LogP contribution in [0.1, 0.15) is 51.9 Å². The third-order valence-corrected chi connectivity index (χ3v) is 4.46. The van der Waals surface area contributed by atoms with E-state index in [2.05, 4.69) is 6.92 Å². The van der Waals surface area contributed by atoms with Crippen molar-refractivity contribution < 1.29 is 14.3 Å². The molecule has 18 heavy (non-hydrogen) atoms. The number of ketones is 1. The first-order chi connectivity index (χ1) is 8.65.